The average molecular weight is 510 g/mol. The predicted octanol–water partition coefficient (Wildman–Crippen LogP) is 7.37. The Morgan fingerprint density at radius 1 is 0.789 bits per heavy atom. The smallest absolute Gasteiger partial charge is 0.434 e. The quantitative estimate of drug-likeness (QED) is 0.192. The minimum Gasteiger partial charge on any atom is -0.488 e. The number of benzene rings is 4. The third kappa shape index (κ3) is 6.85. The molecule has 0 unspecified atom stereocenters. The summed E-state index contributed by atoms with van der Waals surface area (Å²) >= 11 is 0. The minimum absolute atomic E-state index is 0.147. The van der Waals surface area contributed by atoms with Crippen LogP contribution in [0.25, 0.3) is 21.9 Å². The van der Waals surface area contributed by atoms with E-state index in [0.29, 0.717) is 12.2 Å². The van der Waals surface area contributed by atoms with Crippen LogP contribution in [-0.4, -0.2) is 30.5 Å². The van der Waals surface area contributed by atoms with Gasteiger partial charge in [0.2, 0.25) is 0 Å². The summed E-state index contributed by atoms with van der Waals surface area (Å²) in [6.45, 7) is 5.77. The number of nitrogens with zero attached hydrogens (tertiary/aromatic N) is 1. The summed E-state index contributed by atoms with van der Waals surface area (Å²) in [6.07, 6.45) is -0.900. The van der Waals surface area contributed by atoms with Crippen molar-refractivity contribution >= 4 is 28.5 Å². The second-order valence-electron chi connectivity index (χ2n) is 9.80. The first-order valence-corrected chi connectivity index (χ1v) is 12.4. The molecule has 4 aromatic rings. The molecule has 0 aliphatic heterocycles. The largest absolute Gasteiger partial charge is 0.488 e. The first kappa shape index (κ1) is 26.6. The van der Waals surface area contributed by atoms with Gasteiger partial charge in [-0.15, -0.1) is 0 Å². The molecule has 0 saturated heterocycles. The van der Waals surface area contributed by atoms with Gasteiger partial charge < -0.3 is 14.2 Å². The van der Waals surface area contributed by atoms with Crippen molar-refractivity contribution in [2.24, 2.45) is 4.99 Å². The molecule has 0 aromatic heterocycles. The Kier molecular flexibility index (Phi) is 8.22. The number of carbonyl (C=O) groups excluding carboxylic acids is 2. The Balaban J connectivity index is 1.63. The van der Waals surface area contributed by atoms with Crippen molar-refractivity contribution in [3.8, 4) is 16.9 Å². The first-order chi connectivity index (χ1) is 18.2. The Labute approximate surface area is 222 Å². The molecule has 0 aliphatic rings. The van der Waals surface area contributed by atoms with E-state index in [1.165, 1.54) is 7.11 Å². The lowest BCUT2D eigenvalue weighted by Gasteiger charge is -2.18. The molecular formula is C32H31NO5. The van der Waals surface area contributed by atoms with Crippen molar-refractivity contribution in [1.29, 1.82) is 0 Å². The lowest BCUT2D eigenvalue weighted by Crippen LogP contribution is -2.23. The Hall–Kier alpha value is -4.45. The summed E-state index contributed by atoms with van der Waals surface area (Å²) in [7, 11) is 1.30. The number of rotatable bonds is 7. The van der Waals surface area contributed by atoms with Crippen LogP contribution in [0, 0.1) is 0 Å². The Bertz CT molecular complexity index is 1450. The molecule has 0 saturated carbocycles. The van der Waals surface area contributed by atoms with Crippen molar-refractivity contribution in [2.45, 2.75) is 39.4 Å². The summed E-state index contributed by atoms with van der Waals surface area (Å²) in [4.78, 5) is 28.4. The van der Waals surface area contributed by atoms with Crippen LogP contribution in [0.4, 0.5) is 4.79 Å². The van der Waals surface area contributed by atoms with Gasteiger partial charge in [0.1, 0.15) is 18.0 Å². The number of methoxy groups -OCH3 is 1. The van der Waals surface area contributed by atoms with Crippen LogP contribution in [0.3, 0.4) is 0 Å². The van der Waals surface area contributed by atoms with Gasteiger partial charge in [-0.2, -0.15) is 4.99 Å². The van der Waals surface area contributed by atoms with Crippen molar-refractivity contribution < 1.29 is 23.8 Å². The number of hydrogen-bond donors (Lipinski definition) is 0. The minimum atomic E-state index is -0.752. The molecule has 6 nitrogen and oxygen atoms in total. The molecule has 6 heteroatoms. The standard InChI is InChI=1S/C32H31NO5/c1-32(2,3)38-31(35)33-28(20-30(34)36-4)24-16-14-23(15-17-24)25-18-19-29(27-13-9-8-12-26(25)27)37-21-22-10-6-5-7-11-22/h5-19H,20-21H2,1-4H3/b33-28-. The van der Waals surface area contributed by atoms with Gasteiger partial charge >= 0.3 is 12.1 Å². The maximum Gasteiger partial charge on any atom is 0.434 e. The Morgan fingerprint density at radius 2 is 1.45 bits per heavy atom. The zero-order valence-corrected chi connectivity index (χ0v) is 22.1. The molecule has 0 radical (unpaired) electrons. The van der Waals surface area contributed by atoms with Gasteiger partial charge in [-0.1, -0.05) is 84.9 Å². The molecule has 0 bridgehead atoms. The van der Waals surface area contributed by atoms with E-state index < -0.39 is 17.7 Å². The molecule has 0 spiro atoms. The maximum atomic E-state index is 12.3. The van der Waals surface area contributed by atoms with Crippen molar-refractivity contribution in [3.63, 3.8) is 0 Å². The summed E-state index contributed by atoms with van der Waals surface area (Å²) in [6, 6.07) is 29.8. The summed E-state index contributed by atoms with van der Waals surface area (Å²) in [5.74, 6) is 0.322. The van der Waals surface area contributed by atoms with Gasteiger partial charge in [-0.05, 0) is 54.5 Å². The van der Waals surface area contributed by atoms with E-state index in [-0.39, 0.29) is 12.1 Å². The number of ether oxygens (including phenoxy) is 3. The number of hydrogen-bond acceptors (Lipinski definition) is 5. The highest BCUT2D eigenvalue weighted by molar-refractivity contribution is 6.12. The van der Waals surface area contributed by atoms with Crippen molar-refractivity contribution in [1.82, 2.24) is 0 Å². The van der Waals surface area contributed by atoms with E-state index >= 15 is 0 Å². The molecule has 0 fully saturated rings. The fourth-order valence-electron chi connectivity index (χ4n) is 4.04. The fourth-order valence-corrected chi connectivity index (χ4v) is 4.04. The number of carbonyl (C=O) groups is 2. The summed E-state index contributed by atoms with van der Waals surface area (Å²) in [5, 5.41) is 2.07. The molecule has 0 heterocycles. The van der Waals surface area contributed by atoms with Gasteiger partial charge in [0.25, 0.3) is 0 Å². The van der Waals surface area contributed by atoms with Gasteiger partial charge in [0.05, 0.1) is 19.2 Å². The zero-order chi connectivity index (χ0) is 27.1. The van der Waals surface area contributed by atoms with Gasteiger partial charge in [0.15, 0.2) is 0 Å². The van der Waals surface area contributed by atoms with Crippen LogP contribution >= 0.6 is 0 Å². The number of amides is 1. The van der Waals surface area contributed by atoms with Crippen LogP contribution in [0.2, 0.25) is 0 Å². The topological polar surface area (TPSA) is 74.2 Å². The molecule has 4 rings (SSSR count). The highest BCUT2D eigenvalue weighted by Crippen LogP contribution is 2.35. The van der Waals surface area contributed by atoms with Gasteiger partial charge in [0, 0.05) is 5.39 Å². The molecule has 194 valence electrons. The summed E-state index contributed by atoms with van der Waals surface area (Å²) in [5.41, 5.74) is 3.35. The number of esters is 1. The summed E-state index contributed by atoms with van der Waals surface area (Å²) < 4.78 is 16.3. The second kappa shape index (κ2) is 11.7. The van der Waals surface area contributed by atoms with E-state index in [9.17, 15) is 9.59 Å². The molecule has 0 atom stereocenters. The van der Waals surface area contributed by atoms with E-state index in [1.807, 2.05) is 78.9 Å². The normalized spacial score (nSPS) is 11.7. The van der Waals surface area contributed by atoms with E-state index in [0.717, 1.165) is 33.2 Å². The number of aliphatic imine (C=N–C) groups is 1. The predicted molar refractivity (Wildman–Crippen MR) is 150 cm³/mol. The highest BCUT2D eigenvalue weighted by Gasteiger charge is 2.19. The second-order valence-corrected chi connectivity index (χ2v) is 9.80. The van der Waals surface area contributed by atoms with Crippen LogP contribution in [0.5, 0.6) is 5.75 Å². The van der Waals surface area contributed by atoms with Crippen LogP contribution in [0.1, 0.15) is 38.3 Å². The third-order valence-electron chi connectivity index (χ3n) is 5.81. The monoisotopic (exact) mass is 509 g/mol. The molecule has 38 heavy (non-hydrogen) atoms. The lowest BCUT2D eigenvalue weighted by atomic mass is 9.96. The van der Waals surface area contributed by atoms with E-state index in [2.05, 4.69) is 17.1 Å². The molecule has 0 aliphatic carbocycles. The van der Waals surface area contributed by atoms with Gasteiger partial charge in [-0.25, -0.2) is 4.79 Å². The molecule has 0 N–H and O–H groups in total. The average Bonchev–Trinajstić information content (AvgIpc) is 2.91. The molecule has 1 amide bonds. The van der Waals surface area contributed by atoms with Crippen LogP contribution in [-0.2, 0) is 20.9 Å². The van der Waals surface area contributed by atoms with Crippen LogP contribution < -0.4 is 4.74 Å². The van der Waals surface area contributed by atoms with Crippen molar-refractivity contribution in [3.05, 3.63) is 102 Å². The zero-order valence-electron chi connectivity index (χ0n) is 22.1. The van der Waals surface area contributed by atoms with Crippen LogP contribution in [0.15, 0.2) is 96.0 Å². The SMILES string of the molecule is COC(=O)C/C(=N/C(=O)OC(C)(C)C)c1ccc(-c2ccc(OCc3ccccc3)c3ccccc23)cc1. The van der Waals surface area contributed by atoms with Crippen molar-refractivity contribution in [2.75, 3.05) is 7.11 Å². The lowest BCUT2D eigenvalue weighted by molar-refractivity contribution is -0.139. The van der Waals surface area contributed by atoms with E-state index in [1.54, 1.807) is 20.8 Å². The highest BCUT2D eigenvalue weighted by atomic mass is 16.6. The first-order valence-electron chi connectivity index (χ1n) is 12.4. The van der Waals surface area contributed by atoms with E-state index in [4.69, 9.17) is 14.2 Å². The fraction of sp³-hybridized carbons (Fsp3) is 0.219. The third-order valence-corrected chi connectivity index (χ3v) is 5.81. The maximum absolute atomic E-state index is 12.3. The van der Waals surface area contributed by atoms with Gasteiger partial charge in [-0.3, -0.25) is 4.79 Å². The molecule has 4 aromatic carbocycles. The molecular weight excluding hydrogens is 478 g/mol. The number of fused-ring (bicyclic) bond motifs is 1. The Morgan fingerprint density at radius 3 is 2.11 bits per heavy atom.